The smallest absolute Gasteiger partial charge is 0.208 e. The van der Waals surface area contributed by atoms with Crippen molar-refractivity contribution >= 4 is 5.96 Å². The van der Waals surface area contributed by atoms with Crippen LogP contribution in [-0.4, -0.2) is 60.0 Å². The molecule has 3 heterocycles. The fraction of sp³-hybridized carbons (Fsp3) is 0.818. The number of oxazole rings is 1. The Hall–Kier alpha value is -1.56. The number of aryl methyl sites for hydroxylation is 2. The highest BCUT2D eigenvalue weighted by molar-refractivity contribution is 5.80. The predicted molar refractivity (Wildman–Crippen MR) is 112 cm³/mol. The van der Waals surface area contributed by atoms with Gasteiger partial charge in [0.2, 0.25) is 5.89 Å². The molecule has 1 saturated carbocycles. The minimum atomic E-state index is 0.623. The SMILES string of the molecule is CCNC(=NCC1CCN(Cc2nc(C)c(C)o2)CC1)N1CCC2(CCC2)C1. The second kappa shape index (κ2) is 8.44. The Balaban J connectivity index is 1.26. The Morgan fingerprint density at radius 3 is 2.57 bits per heavy atom. The average Bonchev–Trinajstić information content (AvgIpc) is 3.24. The number of nitrogens with one attached hydrogen (secondary N) is 1. The zero-order valence-electron chi connectivity index (χ0n) is 18.0. The number of nitrogens with zero attached hydrogens (tertiary/aromatic N) is 4. The molecule has 2 saturated heterocycles. The van der Waals surface area contributed by atoms with Crippen LogP contribution in [-0.2, 0) is 6.54 Å². The Morgan fingerprint density at radius 1 is 1.21 bits per heavy atom. The van der Waals surface area contributed by atoms with Gasteiger partial charge in [-0.05, 0) is 77.3 Å². The van der Waals surface area contributed by atoms with Crippen molar-refractivity contribution in [3.8, 4) is 0 Å². The lowest BCUT2D eigenvalue weighted by molar-refractivity contribution is 0.151. The first-order valence-corrected chi connectivity index (χ1v) is 11.3. The molecule has 0 unspecified atom stereocenters. The lowest BCUT2D eigenvalue weighted by Gasteiger charge is -2.38. The highest BCUT2D eigenvalue weighted by Crippen LogP contribution is 2.47. The number of guanidine groups is 1. The van der Waals surface area contributed by atoms with Gasteiger partial charge in [0.1, 0.15) is 5.76 Å². The second-order valence-corrected chi connectivity index (χ2v) is 9.19. The maximum absolute atomic E-state index is 5.75. The van der Waals surface area contributed by atoms with E-state index in [1.54, 1.807) is 0 Å². The molecule has 4 rings (SSSR count). The number of aromatic nitrogens is 1. The minimum absolute atomic E-state index is 0.623. The number of likely N-dealkylation sites (tertiary alicyclic amines) is 2. The third kappa shape index (κ3) is 4.37. The molecule has 6 heteroatoms. The molecule has 0 radical (unpaired) electrons. The highest BCUT2D eigenvalue weighted by Gasteiger charge is 2.43. The van der Waals surface area contributed by atoms with Crippen LogP contribution in [0.5, 0.6) is 0 Å². The lowest BCUT2D eigenvalue weighted by atomic mass is 9.68. The van der Waals surface area contributed by atoms with Gasteiger partial charge in [-0.2, -0.15) is 0 Å². The number of hydrogen-bond acceptors (Lipinski definition) is 4. The third-order valence-electron chi connectivity index (χ3n) is 7.13. The standard InChI is InChI=1S/C22H37N5O/c1-4-23-21(27-13-10-22(16-27)8-5-9-22)24-14-19-6-11-26(12-7-19)15-20-25-17(2)18(3)28-20/h19H,4-16H2,1-3H3,(H,23,24). The van der Waals surface area contributed by atoms with Crippen molar-refractivity contribution in [1.29, 1.82) is 0 Å². The first-order chi connectivity index (χ1) is 13.6. The molecular weight excluding hydrogens is 350 g/mol. The van der Waals surface area contributed by atoms with Gasteiger partial charge in [-0.1, -0.05) is 6.42 Å². The van der Waals surface area contributed by atoms with E-state index in [4.69, 9.17) is 9.41 Å². The van der Waals surface area contributed by atoms with Crippen LogP contribution < -0.4 is 5.32 Å². The van der Waals surface area contributed by atoms with Gasteiger partial charge in [0.15, 0.2) is 5.96 Å². The molecule has 2 aliphatic heterocycles. The first kappa shape index (κ1) is 19.7. The topological polar surface area (TPSA) is 56.9 Å². The van der Waals surface area contributed by atoms with E-state index in [1.807, 2.05) is 13.8 Å². The van der Waals surface area contributed by atoms with Gasteiger partial charge in [0.05, 0.1) is 12.2 Å². The van der Waals surface area contributed by atoms with E-state index in [0.717, 1.165) is 56.0 Å². The quantitative estimate of drug-likeness (QED) is 0.620. The van der Waals surface area contributed by atoms with Crippen molar-refractivity contribution in [2.45, 2.75) is 65.8 Å². The molecule has 0 atom stereocenters. The molecule has 156 valence electrons. The summed E-state index contributed by atoms with van der Waals surface area (Å²) in [6, 6.07) is 0. The monoisotopic (exact) mass is 387 g/mol. The van der Waals surface area contributed by atoms with E-state index >= 15 is 0 Å². The zero-order valence-corrected chi connectivity index (χ0v) is 18.0. The van der Waals surface area contributed by atoms with Gasteiger partial charge < -0.3 is 14.6 Å². The van der Waals surface area contributed by atoms with Crippen LogP contribution in [0.15, 0.2) is 9.41 Å². The van der Waals surface area contributed by atoms with Crippen LogP contribution in [0, 0.1) is 25.2 Å². The van der Waals surface area contributed by atoms with Crippen molar-refractivity contribution in [1.82, 2.24) is 20.1 Å². The average molecular weight is 388 g/mol. The molecule has 1 N–H and O–H groups in total. The Morgan fingerprint density at radius 2 is 2.00 bits per heavy atom. The molecule has 0 aromatic carbocycles. The Kier molecular flexibility index (Phi) is 5.95. The zero-order chi connectivity index (χ0) is 19.6. The van der Waals surface area contributed by atoms with Crippen LogP contribution in [0.3, 0.4) is 0 Å². The molecule has 28 heavy (non-hydrogen) atoms. The van der Waals surface area contributed by atoms with E-state index in [1.165, 1.54) is 51.6 Å². The Bertz CT molecular complexity index is 666. The minimum Gasteiger partial charge on any atom is -0.444 e. The molecule has 3 fully saturated rings. The van der Waals surface area contributed by atoms with Gasteiger partial charge in [0, 0.05) is 26.2 Å². The normalized spacial score (nSPS) is 23.4. The van der Waals surface area contributed by atoms with E-state index in [9.17, 15) is 0 Å². The summed E-state index contributed by atoms with van der Waals surface area (Å²) < 4.78 is 5.75. The van der Waals surface area contributed by atoms with E-state index in [0.29, 0.717) is 11.3 Å². The predicted octanol–water partition coefficient (Wildman–Crippen LogP) is 3.34. The molecule has 6 nitrogen and oxygen atoms in total. The summed E-state index contributed by atoms with van der Waals surface area (Å²) in [5.41, 5.74) is 1.64. The fourth-order valence-corrected chi connectivity index (χ4v) is 4.97. The summed E-state index contributed by atoms with van der Waals surface area (Å²) in [5, 5.41) is 3.54. The molecular formula is C22H37N5O. The first-order valence-electron chi connectivity index (χ1n) is 11.3. The number of rotatable bonds is 5. The summed E-state index contributed by atoms with van der Waals surface area (Å²) in [6.07, 6.45) is 8.05. The summed E-state index contributed by atoms with van der Waals surface area (Å²) >= 11 is 0. The molecule has 3 aliphatic rings. The maximum Gasteiger partial charge on any atom is 0.208 e. The van der Waals surface area contributed by atoms with E-state index < -0.39 is 0 Å². The number of hydrogen-bond donors (Lipinski definition) is 1. The van der Waals surface area contributed by atoms with Crippen LogP contribution >= 0.6 is 0 Å². The molecule has 0 amide bonds. The van der Waals surface area contributed by atoms with Crippen molar-refractivity contribution in [2.75, 3.05) is 39.3 Å². The summed E-state index contributed by atoms with van der Waals surface area (Å²) in [7, 11) is 0. The van der Waals surface area contributed by atoms with Crippen LogP contribution in [0.25, 0.3) is 0 Å². The van der Waals surface area contributed by atoms with Gasteiger partial charge in [-0.25, -0.2) is 4.98 Å². The molecule has 1 aliphatic carbocycles. The van der Waals surface area contributed by atoms with Crippen molar-refractivity contribution < 1.29 is 4.42 Å². The van der Waals surface area contributed by atoms with Gasteiger partial charge in [0.25, 0.3) is 0 Å². The third-order valence-corrected chi connectivity index (χ3v) is 7.13. The number of piperidine rings is 1. The summed E-state index contributed by atoms with van der Waals surface area (Å²) in [4.78, 5) is 14.6. The fourth-order valence-electron chi connectivity index (χ4n) is 4.97. The van der Waals surface area contributed by atoms with Crippen molar-refractivity contribution in [2.24, 2.45) is 16.3 Å². The van der Waals surface area contributed by atoms with Crippen LogP contribution in [0.4, 0.5) is 0 Å². The largest absolute Gasteiger partial charge is 0.444 e. The van der Waals surface area contributed by atoms with Crippen molar-refractivity contribution in [3.05, 3.63) is 17.3 Å². The number of aliphatic imine (C=N–C) groups is 1. The lowest BCUT2D eigenvalue weighted by Crippen LogP contribution is -2.43. The van der Waals surface area contributed by atoms with Crippen LogP contribution in [0.2, 0.25) is 0 Å². The molecule has 0 bridgehead atoms. The molecule has 1 spiro atoms. The van der Waals surface area contributed by atoms with E-state index in [-0.39, 0.29) is 0 Å². The van der Waals surface area contributed by atoms with Gasteiger partial charge in [-0.15, -0.1) is 0 Å². The molecule has 1 aromatic rings. The second-order valence-electron chi connectivity index (χ2n) is 9.19. The molecule has 1 aromatic heterocycles. The van der Waals surface area contributed by atoms with Crippen LogP contribution in [0.1, 0.15) is 62.8 Å². The summed E-state index contributed by atoms with van der Waals surface area (Å²) in [5.74, 6) is 3.65. The van der Waals surface area contributed by atoms with Gasteiger partial charge in [-0.3, -0.25) is 9.89 Å². The van der Waals surface area contributed by atoms with Crippen molar-refractivity contribution in [3.63, 3.8) is 0 Å². The highest BCUT2D eigenvalue weighted by atomic mass is 16.4. The van der Waals surface area contributed by atoms with Gasteiger partial charge >= 0.3 is 0 Å². The van der Waals surface area contributed by atoms with E-state index in [2.05, 4.69) is 27.0 Å². The Labute approximate surface area is 169 Å². The maximum atomic E-state index is 5.75. The summed E-state index contributed by atoms with van der Waals surface area (Å²) in [6.45, 7) is 13.6.